The minimum atomic E-state index is 0.0647. The lowest BCUT2D eigenvalue weighted by atomic mass is 10.0. The molecular weight excluding hydrogens is 222 g/mol. The molecule has 0 spiro atoms. The molecule has 17 heavy (non-hydrogen) atoms. The highest BCUT2D eigenvalue weighted by Crippen LogP contribution is 2.14. The van der Waals surface area contributed by atoms with Crippen molar-refractivity contribution in [3.8, 4) is 0 Å². The van der Waals surface area contributed by atoms with Gasteiger partial charge in [0.05, 0.1) is 19.3 Å². The molecule has 1 heterocycles. The normalized spacial score (nSPS) is 21.6. The summed E-state index contributed by atoms with van der Waals surface area (Å²) < 4.78 is 5.49. The summed E-state index contributed by atoms with van der Waals surface area (Å²) in [5, 5.41) is 20.3. The number of amidine groups is 1. The highest BCUT2D eigenvalue weighted by atomic mass is 16.5. The fourth-order valence-corrected chi connectivity index (χ4v) is 2.06. The van der Waals surface area contributed by atoms with Crippen LogP contribution in [0, 0.1) is 5.92 Å². The van der Waals surface area contributed by atoms with E-state index in [0.29, 0.717) is 6.61 Å². The van der Waals surface area contributed by atoms with E-state index in [1.807, 2.05) is 6.92 Å². The van der Waals surface area contributed by atoms with Crippen molar-refractivity contribution in [1.29, 1.82) is 0 Å². The summed E-state index contributed by atoms with van der Waals surface area (Å²) in [6.45, 7) is 5.18. The number of aliphatic hydroxyl groups excluding tert-OH is 1. The number of hydrogen-bond acceptors (Lipinski definition) is 5. The van der Waals surface area contributed by atoms with Crippen LogP contribution in [0.15, 0.2) is 5.16 Å². The fraction of sp³-hybridized carbons (Fsp3) is 0.909. The molecule has 0 aromatic carbocycles. The number of piperidine rings is 1. The Labute approximate surface area is 102 Å². The van der Waals surface area contributed by atoms with Crippen LogP contribution in [-0.4, -0.2) is 60.0 Å². The fourth-order valence-electron chi connectivity index (χ4n) is 2.06. The third kappa shape index (κ3) is 4.89. The Kier molecular flexibility index (Phi) is 6.25. The minimum absolute atomic E-state index is 0.0647. The van der Waals surface area contributed by atoms with Gasteiger partial charge in [0.25, 0.3) is 0 Å². The number of rotatable bonds is 6. The van der Waals surface area contributed by atoms with Crippen molar-refractivity contribution in [2.45, 2.75) is 25.9 Å². The Morgan fingerprint density at radius 1 is 1.53 bits per heavy atom. The molecule has 1 unspecified atom stereocenters. The van der Waals surface area contributed by atoms with Gasteiger partial charge in [0.15, 0.2) is 0 Å². The third-order valence-electron chi connectivity index (χ3n) is 3.13. The van der Waals surface area contributed by atoms with Crippen LogP contribution in [0.1, 0.15) is 19.8 Å². The van der Waals surface area contributed by atoms with E-state index in [9.17, 15) is 0 Å². The van der Waals surface area contributed by atoms with E-state index in [1.165, 1.54) is 0 Å². The number of nitrogens with two attached hydrogens (primary N) is 1. The lowest BCUT2D eigenvalue weighted by molar-refractivity contribution is -0.00857. The molecule has 6 heteroatoms. The first-order valence-corrected chi connectivity index (χ1v) is 6.09. The number of aliphatic hydroxyl groups is 1. The van der Waals surface area contributed by atoms with Crippen LogP contribution in [0.3, 0.4) is 0 Å². The van der Waals surface area contributed by atoms with Crippen LogP contribution in [-0.2, 0) is 4.74 Å². The Hall–Kier alpha value is -0.850. The Bertz CT molecular complexity index is 240. The highest BCUT2D eigenvalue weighted by Gasteiger charge is 2.21. The lowest BCUT2D eigenvalue weighted by Crippen LogP contribution is -2.41. The summed E-state index contributed by atoms with van der Waals surface area (Å²) in [5.74, 6) is 0.346. The number of nitrogens with zero attached hydrogens (tertiary/aromatic N) is 2. The Morgan fingerprint density at radius 2 is 2.18 bits per heavy atom. The van der Waals surface area contributed by atoms with Crippen LogP contribution in [0.4, 0.5) is 0 Å². The molecular formula is C11H23N3O3. The van der Waals surface area contributed by atoms with Gasteiger partial charge in [-0.25, -0.2) is 0 Å². The van der Waals surface area contributed by atoms with Gasteiger partial charge in [-0.2, -0.15) is 0 Å². The van der Waals surface area contributed by atoms with Crippen LogP contribution in [0.2, 0.25) is 0 Å². The van der Waals surface area contributed by atoms with E-state index in [-0.39, 0.29) is 24.5 Å². The van der Waals surface area contributed by atoms with Gasteiger partial charge in [-0.05, 0) is 12.8 Å². The second-order valence-electron chi connectivity index (χ2n) is 4.52. The van der Waals surface area contributed by atoms with Gasteiger partial charge in [0.2, 0.25) is 0 Å². The molecule has 4 N–H and O–H groups in total. The molecule has 100 valence electrons. The number of ether oxygens (including phenoxy) is 1. The molecule has 6 nitrogen and oxygen atoms in total. The van der Waals surface area contributed by atoms with Gasteiger partial charge in [-0.3, -0.25) is 0 Å². The van der Waals surface area contributed by atoms with Crippen molar-refractivity contribution in [3.63, 3.8) is 0 Å². The first-order chi connectivity index (χ1) is 8.17. The van der Waals surface area contributed by atoms with Crippen LogP contribution in [0.25, 0.3) is 0 Å². The van der Waals surface area contributed by atoms with E-state index in [0.717, 1.165) is 32.5 Å². The standard InChI is InChI=1S/C11H23N3O3/c1-9(11(12)13-16)8-14-4-2-10(3-5-14)17-7-6-15/h9-10,15-16H,2-8H2,1H3,(H2,12,13). The van der Waals surface area contributed by atoms with Crippen LogP contribution in [0.5, 0.6) is 0 Å². The molecule has 1 atom stereocenters. The molecule has 0 bridgehead atoms. The number of oxime groups is 1. The molecule has 1 aliphatic heterocycles. The molecule has 1 rings (SSSR count). The lowest BCUT2D eigenvalue weighted by Gasteiger charge is -2.33. The summed E-state index contributed by atoms with van der Waals surface area (Å²) in [6, 6.07) is 0. The molecule has 0 aromatic rings. The van der Waals surface area contributed by atoms with Gasteiger partial charge in [-0.15, -0.1) is 0 Å². The zero-order valence-corrected chi connectivity index (χ0v) is 10.4. The topological polar surface area (TPSA) is 91.3 Å². The third-order valence-corrected chi connectivity index (χ3v) is 3.13. The molecule has 0 aliphatic carbocycles. The van der Waals surface area contributed by atoms with Crippen molar-refractivity contribution < 1.29 is 15.1 Å². The summed E-state index contributed by atoms with van der Waals surface area (Å²) in [5.41, 5.74) is 5.55. The number of hydrogen-bond donors (Lipinski definition) is 3. The maximum atomic E-state index is 8.67. The largest absolute Gasteiger partial charge is 0.409 e. The van der Waals surface area contributed by atoms with Crippen molar-refractivity contribution in [3.05, 3.63) is 0 Å². The predicted molar refractivity (Wildman–Crippen MR) is 65.1 cm³/mol. The van der Waals surface area contributed by atoms with Gasteiger partial charge in [0, 0.05) is 25.6 Å². The first-order valence-electron chi connectivity index (χ1n) is 6.09. The molecule has 0 amide bonds. The maximum absolute atomic E-state index is 8.67. The quantitative estimate of drug-likeness (QED) is 0.262. The minimum Gasteiger partial charge on any atom is -0.409 e. The Balaban J connectivity index is 2.23. The average Bonchev–Trinajstić information content (AvgIpc) is 2.37. The SMILES string of the molecule is CC(CN1CCC(OCCO)CC1)C(N)=NO. The summed E-state index contributed by atoms with van der Waals surface area (Å²) >= 11 is 0. The van der Waals surface area contributed by atoms with E-state index in [4.69, 9.17) is 20.8 Å². The van der Waals surface area contributed by atoms with E-state index < -0.39 is 0 Å². The van der Waals surface area contributed by atoms with Crippen LogP contribution >= 0.6 is 0 Å². The van der Waals surface area contributed by atoms with Gasteiger partial charge in [-0.1, -0.05) is 12.1 Å². The van der Waals surface area contributed by atoms with Gasteiger partial charge >= 0.3 is 0 Å². The first kappa shape index (κ1) is 14.2. The van der Waals surface area contributed by atoms with E-state index in [2.05, 4.69) is 10.1 Å². The van der Waals surface area contributed by atoms with E-state index >= 15 is 0 Å². The predicted octanol–water partition coefficient (Wildman–Crippen LogP) is -0.158. The molecule has 1 aliphatic rings. The Morgan fingerprint density at radius 3 is 2.71 bits per heavy atom. The van der Waals surface area contributed by atoms with Crippen molar-refractivity contribution in [2.24, 2.45) is 16.8 Å². The number of likely N-dealkylation sites (tertiary alicyclic amines) is 1. The molecule has 1 fully saturated rings. The van der Waals surface area contributed by atoms with Gasteiger partial charge < -0.3 is 25.7 Å². The summed E-state index contributed by atoms with van der Waals surface area (Å²) in [7, 11) is 0. The highest BCUT2D eigenvalue weighted by molar-refractivity contribution is 5.82. The average molecular weight is 245 g/mol. The molecule has 0 radical (unpaired) electrons. The smallest absolute Gasteiger partial charge is 0.143 e. The van der Waals surface area contributed by atoms with Crippen LogP contribution < -0.4 is 5.73 Å². The van der Waals surface area contributed by atoms with Crippen molar-refractivity contribution in [2.75, 3.05) is 32.8 Å². The summed E-state index contributed by atoms with van der Waals surface area (Å²) in [6.07, 6.45) is 2.21. The molecule has 1 saturated heterocycles. The maximum Gasteiger partial charge on any atom is 0.143 e. The zero-order valence-electron chi connectivity index (χ0n) is 10.4. The molecule has 0 saturated carbocycles. The van der Waals surface area contributed by atoms with E-state index in [1.54, 1.807) is 0 Å². The summed E-state index contributed by atoms with van der Waals surface area (Å²) in [4.78, 5) is 2.29. The van der Waals surface area contributed by atoms with Crippen molar-refractivity contribution in [1.82, 2.24) is 4.90 Å². The second-order valence-corrected chi connectivity index (χ2v) is 4.52. The monoisotopic (exact) mass is 245 g/mol. The zero-order chi connectivity index (χ0) is 12.7. The van der Waals surface area contributed by atoms with Gasteiger partial charge in [0.1, 0.15) is 5.84 Å². The second kappa shape index (κ2) is 7.47. The van der Waals surface area contributed by atoms with Crippen molar-refractivity contribution >= 4 is 5.84 Å². The molecule has 0 aromatic heterocycles.